The molecule has 2 aromatic heterocycles. The molecule has 44 heavy (non-hydrogen) atoms. The van der Waals surface area contributed by atoms with Crippen molar-refractivity contribution in [2.45, 2.75) is 47.5 Å². The van der Waals surface area contributed by atoms with Crippen molar-refractivity contribution in [1.82, 2.24) is 19.5 Å². The molecule has 0 aliphatic heterocycles. The van der Waals surface area contributed by atoms with Crippen molar-refractivity contribution in [3.05, 3.63) is 40.7 Å². The lowest BCUT2D eigenvalue weighted by molar-refractivity contribution is -0.145. The Balaban J connectivity index is 1.81. The van der Waals surface area contributed by atoms with Gasteiger partial charge in [-0.1, -0.05) is 38.0 Å². The Morgan fingerprint density at radius 2 is 1.55 bits per heavy atom. The predicted octanol–water partition coefficient (Wildman–Crippen LogP) is 4.87. The van der Waals surface area contributed by atoms with E-state index in [0.717, 1.165) is 43.1 Å². The molecule has 13 nitrogen and oxygen atoms in total. The summed E-state index contributed by atoms with van der Waals surface area (Å²) in [6.45, 7) is 16.7. The average Bonchev–Trinajstić information content (AvgIpc) is 3.49. The van der Waals surface area contributed by atoms with Gasteiger partial charge in [0.1, 0.15) is 13.1 Å². The number of aromatic amines is 1. The number of aryl methyl sites for hydroxylation is 2. The van der Waals surface area contributed by atoms with Crippen LogP contribution in [0.15, 0.2) is 18.2 Å². The van der Waals surface area contributed by atoms with Crippen LogP contribution in [0.5, 0.6) is 11.6 Å². The highest BCUT2D eigenvalue weighted by Crippen LogP contribution is 2.46. The van der Waals surface area contributed by atoms with Crippen LogP contribution in [0.4, 0.5) is 10.5 Å². The number of esters is 3. The van der Waals surface area contributed by atoms with E-state index in [4.69, 9.17) is 16.0 Å². The van der Waals surface area contributed by atoms with Crippen molar-refractivity contribution in [2.24, 2.45) is 23.7 Å². The molecule has 1 aromatic carbocycles. The molecule has 1 aliphatic carbocycles. The molecule has 1 saturated carbocycles. The Morgan fingerprint density at radius 1 is 0.977 bits per heavy atom. The molecule has 1 aliphatic rings. The second-order valence-electron chi connectivity index (χ2n) is 11.6. The van der Waals surface area contributed by atoms with E-state index in [1.54, 1.807) is 0 Å². The topological polar surface area (TPSA) is 146 Å². The normalized spacial score (nSPS) is 19.6. The molecule has 2 unspecified atom stereocenters. The number of nitrogens with one attached hydrogen (secondary N) is 1. The lowest BCUT2D eigenvalue weighted by Crippen LogP contribution is -2.41. The summed E-state index contributed by atoms with van der Waals surface area (Å²) in [5, 5.41) is 3.05. The fraction of sp³-hybridized carbons (Fsp3) is 0.484. The number of H-pyrrole nitrogens is 1. The van der Waals surface area contributed by atoms with Gasteiger partial charge < -0.3 is 18.9 Å². The van der Waals surface area contributed by atoms with Gasteiger partial charge in [-0.3, -0.25) is 24.4 Å². The van der Waals surface area contributed by atoms with Crippen LogP contribution in [0, 0.1) is 44.1 Å². The van der Waals surface area contributed by atoms with Crippen LogP contribution in [0.1, 0.15) is 44.7 Å². The summed E-state index contributed by atoms with van der Waals surface area (Å²) >= 11 is 0. The van der Waals surface area contributed by atoms with Gasteiger partial charge in [-0.05, 0) is 56.6 Å². The summed E-state index contributed by atoms with van der Waals surface area (Å²) in [6.07, 6.45) is 0.584. The van der Waals surface area contributed by atoms with Crippen molar-refractivity contribution >= 4 is 35.3 Å². The highest BCUT2D eigenvalue weighted by atomic mass is 16.6. The van der Waals surface area contributed by atoms with E-state index >= 15 is 0 Å². The third-order valence-electron chi connectivity index (χ3n) is 7.86. The van der Waals surface area contributed by atoms with Crippen molar-refractivity contribution in [3.63, 3.8) is 0 Å². The van der Waals surface area contributed by atoms with Gasteiger partial charge in [0.2, 0.25) is 5.88 Å². The smallest absolute Gasteiger partial charge is 0.416 e. The summed E-state index contributed by atoms with van der Waals surface area (Å²) in [4.78, 5) is 59.9. The largest absolute Gasteiger partial charge is 0.468 e. The summed E-state index contributed by atoms with van der Waals surface area (Å²) < 4.78 is 22.1. The van der Waals surface area contributed by atoms with Crippen LogP contribution in [0.25, 0.3) is 21.9 Å². The van der Waals surface area contributed by atoms with Gasteiger partial charge in [-0.25, -0.2) is 19.1 Å². The van der Waals surface area contributed by atoms with Crippen LogP contribution in [0.2, 0.25) is 0 Å². The minimum Gasteiger partial charge on any atom is -0.468 e. The van der Waals surface area contributed by atoms with Gasteiger partial charge >= 0.3 is 24.0 Å². The first-order valence-electron chi connectivity index (χ1n) is 14.3. The molecule has 1 N–H and O–H groups in total. The van der Waals surface area contributed by atoms with E-state index in [9.17, 15) is 19.2 Å². The average molecular weight is 608 g/mol. The number of carbonyl (C=O) groups is 4. The van der Waals surface area contributed by atoms with E-state index in [-0.39, 0.29) is 34.8 Å². The van der Waals surface area contributed by atoms with Gasteiger partial charge in [0.25, 0.3) is 5.69 Å². The highest BCUT2D eigenvalue weighted by molar-refractivity contribution is 5.89. The van der Waals surface area contributed by atoms with Crippen LogP contribution in [-0.2, 0) is 23.9 Å². The number of hydrogen-bond donors (Lipinski definition) is 1. The number of hydrogen-bond acceptors (Lipinski definition) is 9. The number of ether oxygens (including phenoxy) is 4. The molecule has 1 fully saturated rings. The highest BCUT2D eigenvalue weighted by Gasteiger charge is 2.39. The molecular formula is C31H37N5O8. The Labute approximate surface area is 255 Å². The quantitative estimate of drug-likeness (QED) is 0.280. The summed E-state index contributed by atoms with van der Waals surface area (Å²) in [7, 11) is 2.26. The second-order valence-corrected chi connectivity index (χ2v) is 11.6. The van der Waals surface area contributed by atoms with Crippen LogP contribution < -0.4 is 9.47 Å². The van der Waals surface area contributed by atoms with E-state index in [1.165, 1.54) is 4.52 Å². The number of rotatable bonds is 8. The summed E-state index contributed by atoms with van der Waals surface area (Å²) in [5.41, 5.74) is 2.46. The van der Waals surface area contributed by atoms with Gasteiger partial charge in [-0.2, -0.15) is 0 Å². The van der Waals surface area contributed by atoms with E-state index in [1.807, 2.05) is 45.9 Å². The first-order valence-corrected chi connectivity index (χ1v) is 14.3. The maximum absolute atomic E-state index is 13.6. The maximum Gasteiger partial charge on any atom is 0.416 e. The van der Waals surface area contributed by atoms with Gasteiger partial charge in [0, 0.05) is 5.56 Å². The first-order chi connectivity index (χ1) is 20.9. The molecule has 4 rings (SSSR count). The third kappa shape index (κ3) is 6.69. The van der Waals surface area contributed by atoms with Crippen molar-refractivity contribution in [3.8, 4) is 23.0 Å². The fourth-order valence-electron chi connectivity index (χ4n) is 6.10. The molecule has 2 atom stereocenters. The minimum absolute atomic E-state index is 0.0540. The Hall–Kier alpha value is -4.86. The third-order valence-corrected chi connectivity index (χ3v) is 7.86. The minimum atomic E-state index is -1.14. The zero-order valence-corrected chi connectivity index (χ0v) is 25.9. The molecule has 2 heterocycles. The second kappa shape index (κ2) is 13.2. The molecule has 13 heteroatoms. The number of amides is 1. The lowest BCUT2D eigenvalue weighted by Gasteiger charge is -2.36. The van der Waals surface area contributed by atoms with Gasteiger partial charge in [0.15, 0.2) is 17.2 Å². The molecule has 0 bridgehead atoms. The van der Waals surface area contributed by atoms with Crippen LogP contribution >= 0.6 is 0 Å². The Morgan fingerprint density at radius 3 is 2.07 bits per heavy atom. The number of fused-ring (bicyclic) bond motifs is 1. The monoisotopic (exact) mass is 607 g/mol. The van der Waals surface area contributed by atoms with Crippen LogP contribution in [-0.4, -0.2) is 70.8 Å². The number of nitrogens with zero attached hydrogens (tertiary/aromatic N) is 4. The lowest BCUT2D eigenvalue weighted by atomic mass is 9.69. The zero-order chi connectivity index (χ0) is 32.3. The number of methoxy groups -OCH3 is 2. The van der Waals surface area contributed by atoms with Crippen molar-refractivity contribution in [2.75, 3.05) is 27.3 Å². The molecule has 0 spiro atoms. The standard InChI is InChI=1S/C31H37N5O8/c1-16-9-17(2)13-21(12-16)27-33-28-26(43-30(39)24-19(4)10-18(3)11-20(24)5)25(32-6)29(36(28)34-27)44-31(40)35(14-22(37)41-7)15-23(38)42-8/h9,12-13,18-20,24H,10-11,14-15H2,1-5,7-8H3,(H,33,34). The SMILES string of the molecule is [C-]#[N+]c1c(OC(=O)C2C(C)CC(C)CC2C)c2nc(-c3cc(C)cc(C)c3)[nH]n2c1OC(=O)N(CC(=O)OC)CC(=O)OC. The summed E-state index contributed by atoms with van der Waals surface area (Å²) in [6, 6.07) is 5.81. The van der Waals surface area contributed by atoms with E-state index in [2.05, 4.69) is 31.3 Å². The van der Waals surface area contributed by atoms with Crippen molar-refractivity contribution in [1.29, 1.82) is 0 Å². The maximum atomic E-state index is 13.6. The van der Waals surface area contributed by atoms with Crippen molar-refractivity contribution < 1.29 is 38.1 Å². The zero-order valence-electron chi connectivity index (χ0n) is 25.9. The first kappa shape index (κ1) is 32.1. The Bertz CT molecular complexity index is 1580. The molecule has 234 valence electrons. The molecular weight excluding hydrogens is 570 g/mol. The Kier molecular flexibility index (Phi) is 9.62. The number of benzene rings is 1. The fourth-order valence-corrected chi connectivity index (χ4v) is 6.10. The number of carbonyl (C=O) groups excluding carboxylic acids is 4. The predicted molar refractivity (Wildman–Crippen MR) is 158 cm³/mol. The van der Waals surface area contributed by atoms with E-state index < -0.39 is 43.0 Å². The molecule has 0 radical (unpaired) electrons. The molecule has 0 saturated heterocycles. The van der Waals surface area contributed by atoms with Gasteiger partial charge in [0.05, 0.1) is 26.7 Å². The van der Waals surface area contributed by atoms with Gasteiger partial charge in [-0.15, -0.1) is 0 Å². The molecule has 3 aromatic rings. The summed E-state index contributed by atoms with van der Waals surface area (Å²) in [5.74, 6) is -2.06. The molecule has 1 amide bonds. The van der Waals surface area contributed by atoms with Crippen LogP contribution in [0.3, 0.4) is 0 Å². The number of aromatic nitrogens is 3. The van der Waals surface area contributed by atoms with E-state index in [0.29, 0.717) is 17.3 Å².